The zero-order valence-electron chi connectivity index (χ0n) is 17.0. The molecule has 0 radical (unpaired) electrons. The van der Waals surface area contributed by atoms with Crippen LogP contribution in [0.5, 0.6) is 0 Å². The lowest BCUT2D eigenvalue weighted by molar-refractivity contribution is -0.121. The van der Waals surface area contributed by atoms with Gasteiger partial charge in [-0.15, -0.1) is 0 Å². The Kier molecular flexibility index (Phi) is 6.18. The molecule has 1 amide bonds. The summed E-state index contributed by atoms with van der Waals surface area (Å²) in [7, 11) is 0. The van der Waals surface area contributed by atoms with E-state index in [4.69, 9.17) is 4.52 Å². The minimum Gasteiger partial charge on any atom is -0.338 e. The van der Waals surface area contributed by atoms with Crippen molar-refractivity contribution in [2.45, 2.75) is 32.7 Å². The maximum Gasteiger partial charge on any atom is 0.241 e. The van der Waals surface area contributed by atoms with Gasteiger partial charge in [-0.05, 0) is 61.7 Å². The molecule has 1 unspecified atom stereocenters. The quantitative estimate of drug-likeness (QED) is 0.659. The molecule has 7 heteroatoms. The van der Waals surface area contributed by atoms with Crippen LogP contribution < -0.4 is 5.32 Å². The number of likely N-dealkylation sites (tertiary alicyclic amines) is 1. The van der Waals surface area contributed by atoms with Crippen molar-refractivity contribution in [3.05, 3.63) is 65.8 Å². The normalized spacial score (nSPS) is 17.1. The summed E-state index contributed by atoms with van der Waals surface area (Å²) in [5.41, 5.74) is 2.73. The first-order chi connectivity index (χ1) is 14.6. The van der Waals surface area contributed by atoms with Crippen molar-refractivity contribution < 1.29 is 13.7 Å². The van der Waals surface area contributed by atoms with Crippen molar-refractivity contribution in [2.24, 2.45) is 5.92 Å². The molecule has 4 rings (SSSR count). The van der Waals surface area contributed by atoms with E-state index in [2.05, 4.69) is 27.3 Å². The SMILES string of the molecule is CCc1ccccc1NC(=O)C1CCCN(Cc2nc(-c3ccc(F)cc3)no2)C1. The van der Waals surface area contributed by atoms with Gasteiger partial charge in [0, 0.05) is 17.8 Å². The number of anilines is 1. The standard InChI is InChI=1S/C23H25FN4O2/c1-2-16-6-3-4-8-20(16)25-23(29)18-7-5-13-28(14-18)15-21-26-22(27-30-21)17-9-11-19(24)12-10-17/h3-4,6,8-12,18H,2,5,7,13-15H2,1H3,(H,25,29). The lowest BCUT2D eigenvalue weighted by Crippen LogP contribution is -2.40. The maximum absolute atomic E-state index is 13.1. The summed E-state index contributed by atoms with van der Waals surface area (Å²) in [4.78, 5) is 19.4. The first-order valence-electron chi connectivity index (χ1n) is 10.3. The van der Waals surface area contributed by atoms with Crippen LogP contribution in [0.4, 0.5) is 10.1 Å². The monoisotopic (exact) mass is 408 g/mol. The second-order valence-corrected chi connectivity index (χ2v) is 7.59. The third-order valence-electron chi connectivity index (χ3n) is 5.46. The molecule has 0 spiro atoms. The highest BCUT2D eigenvalue weighted by atomic mass is 19.1. The number of nitrogens with one attached hydrogen (secondary N) is 1. The summed E-state index contributed by atoms with van der Waals surface area (Å²) in [5.74, 6) is 0.599. The molecule has 0 aliphatic carbocycles. The number of carbonyl (C=O) groups excluding carboxylic acids is 1. The van der Waals surface area contributed by atoms with E-state index >= 15 is 0 Å². The van der Waals surface area contributed by atoms with Crippen molar-refractivity contribution in [2.75, 3.05) is 18.4 Å². The number of amides is 1. The highest BCUT2D eigenvalue weighted by Crippen LogP contribution is 2.23. The summed E-state index contributed by atoms with van der Waals surface area (Å²) in [5, 5.41) is 7.09. The number of nitrogens with zero attached hydrogens (tertiary/aromatic N) is 3. The van der Waals surface area contributed by atoms with Gasteiger partial charge in [0.15, 0.2) is 0 Å². The second kappa shape index (κ2) is 9.17. The molecular weight excluding hydrogens is 383 g/mol. The van der Waals surface area contributed by atoms with E-state index in [0.717, 1.165) is 37.1 Å². The van der Waals surface area contributed by atoms with Crippen molar-refractivity contribution in [3.63, 3.8) is 0 Å². The molecule has 1 aromatic heterocycles. The van der Waals surface area contributed by atoms with Gasteiger partial charge in [-0.1, -0.05) is 30.3 Å². The molecule has 1 aliphatic rings. The molecule has 1 saturated heterocycles. The van der Waals surface area contributed by atoms with Crippen LogP contribution in [-0.4, -0.2) is 34.0 Å². The Morgan fingerprint density at radius 2 is 2.03 bits per heavy atom. The number of halogens is 1. The number of piperidine rings is 1. The molecule has 1 aliphatic heterocycles. The molecule has 2 heterocycles. The van der Waals surface area contributed by atoms with Crippen molar-refractivity contribution >= 4 is 11.6 Å². The van der Waals surface area contributed by atoms with Gasteiger partial charge in [-0.25, -0.2) is 4.39 Å². The molecular formula is C23H25FN4O2. The number of aromatic nitrogens is 2. The van der Waals surface area contributed by atoms with Crippen LogP contribution in [0.2, 0.25) is 0 Å². The van der Waals surface area contributed by atoms with Crippen LogP contribution in [-0.2, 0) is 17.8 Å². The molecule has 3 aromatic rings. The fourth-order valence-corrected chi connectivity index (χ4v) is 3.83. The van der Waals surface area contributed by atoms with Crippen molar-refractivity contribution in [1.29, 1.82) is 0 Å². The van der Waals surface area contributed by atoms with Crippen molar-refractivity contribution in [1.82, 2.24) is 15.0 Å². The third-order valence-corrected chi connectivity index (χ3v) is 5.46. The molecule has 1 N–H and O–H groups in total. The second-order valence-electron chi connectivity index (χ2n) is 7.59. The summed E-state index contributed by atoms with van der Waals surface area (Å²) >= 11 is 0. The molecule has 0 saturated carbocycles. The fourth-order valence-electron chi connectivity index (χ4n) is 3.83. The van der Waals surface area contributed by atoms with E-state index in [0.29, 0.717) is 30.4 Å². The topological polar surface area (TPSA) is 71.3 Å². The number of para-hydroxylation sites is 1. The van der Waals surface area contributed by atoms with Crippen LogP contribution in [0, 0.1) is 11.7 Å². The maximum atomic E-state index is 13.1. The van der Waals surface area contributed by atoms with Crippen LogP contribution >= 0.6 is 0 Å². The van der Waals surface area contributed by atoms with Gasteiger partial charge in [-0.3, -0.25) is 9.69 Å². The highest BCUT2D eigenvalue weighted by Gasteiger charge is 2.27. The number of carbonyl (C=O) groups is 1. The van der Waals surface area contributed by atoms with Crippen LogP contribution in [0.3, 0.4) is 0 Å². The Morgan fingerprint density at radius 1 is 1.23 bits per heavy atom. The van der Waals surface area contributed by atoms with E-state index in [-0.39, 0.29) is 17.6 Å². The number of aryl methyl sites for hydroxylation is 1. The zero-order chi connectivity index (χ0) is 20.9. The molecule has 2 aromatic carbocycles. The van der Waals surface area contributed by atoms with Gasteiger partial charge in [-0.2, -0.15) is 4.98 Å². The summed E-state index contributed by atoms with van der Waals surface area (Å²) in [6, 6.07) is 13.9. The highest BCUT2D eigenvalue weighted by molar-refractivity contribution is 5.93. The Labute approximate surface area is 175 Å². The van der Waals surface area contributed by atoms with Crippen LogP contribution in [0.15, 0.2) is 53.1 Å². The predicted octanol–water partition coefficient (Wildman–Crippen LogP) is 4.29. The first kappa shape index (κ1) is 20.2. The molecule has 30 heavy (non-hydrogen) atoms. The van der Waals surface area contributed by atoms with Crippen molar-refractivity contribution in [3.8, 4) is 11.4 Å². The molecule has 156 valence electrons. The fraction of sp³-hybridized carbons (Fsp3) is 0.348. The lowest BCUT2D eigenvalue weighted by Gasteiger charge is -2.31. The minimum absolute atomic E-state index is 0.0538. The first-order valence-corrected chi connectivity index (χ1v) is 10.3. The average molecular weight is 408 g/mol. The number of hydrogen-bond acceptors (Lipinski definition) is 5. The average Bonchev–Trinajstić information content (AvgIpc) is 3.23. The summed E-state index contributed by atoms with van der Waals surface area (Å²) < 4.78 is 18.5. The van der Waals surface area contributed by atoms with Gasteiger partial charge >= 0.3 is 0 Å². The Hall–Kier alpha value is -3.06. The van der Waals surface area contributed by atoms with E-state index in [1.807, 2.05) is 24.3 Å². The van der Waals surface area contributed by atoms with E-state index < -0.39 is 0 Å². The Bertz CT molecular complexity index is 1000. The van der Waals surface area contributed by atoms with E-state index in [9.17, 15) is 9.18 Å². The van der Waals surface area contributed by atoms with E-state index in [1.54, 1.807) is 12.1 Å². The van der Waals surface area contributed by atoms with Crippen LogP contribution in [0.1, 0.15) is 31.2 Å². The van der Waals surface area contributed by atoms with Crippen LogP contribution in [0.25, 0.3) is 11.4 Å². The summed E-state index contributed by atoms with van der Waals surface area (Å²) in [6.45, 7) is 4.10. The van der Waals surface area contributed by atoms with Gasteiger partial charge in [0.1, 0.15) is 5.82 Å². The van der Waals surface area contributed by atoms with Gasteiger partial charge in [0.2, 0.25) is 17.6 Å². The molecule has 0 bridgehead atoms. The molecule has 1 fully saturated rings. The number of rotatable bonds is 6. The predicted molar refractivity (Wildman–Crippen MR) is 112 cm³/mol. The van der Waals surface area contributed by atoms with Gasteiger partial charge < -0.3 is 9.84 Å². The van der Waals surface area contributed by atoms with Gasteiger partial charge in [0.05, 0.1) is 12.5 Å². The van der Waals surface area contributed by atoms with E-state index in [1.165, 1.54) is 12.1 Å². The largest absolute Gasteiger partial charge is 0.338 e. The molecule has 1 atom stereocenters. The summed E-state index contributed by atoms with van der Waals surface area (Å²) in [6.07, 6.45) is 2.68. The zero-order valence-corrected chi connectivity index (χ0v) is 17.0. The Morgan fingerprint density at radius 3 is 2.83 bits per heavy atom. The smallest absolute Gasteiger partial charge is 0.241 e. The number of hydrogen-bond donors (Lipinski definition) is 1. The minimum atomic E-state index is -0.304. The molecule has 6 nitrogen and oxygen atoms in total. The Balaban J connectivity index is 1.37. The lowest BCUT2D eigenvalue weighted by atomic mass is 9.96. The van der Waals surface area contributed by atoms with Gasteiger partial charge in [0.25, 0.3) is 0 Å². The number of benzene rings is 2. The third kappa shape index (κ3) is 4.74.